The van der Waals surface area contributed by atoms with Gasteiger partial charge in [-0.15, -0.1) is 0 Å². The lowest BCUT2D eigenvalue weighted by Crippen LogP contribution is -2.29. The summed E-state index contributed by atoms with van der Waals surface area (Å²) >= 11 is 0. The highest BCUT2D eigenvalue weighted by Gasteiger charge is 2.09. The quantitative estimate of drug-likeness (QED) is 0.811. The van der Waals surface area contributed by atoms with E-state index >= 15 is 0 Å². The van der Waals surface area contributed by atoms with E-state index in [0.29, 0.717) is 6.54 Å². The van der Waals surface area contributed by atoms with E-state index in [-0.39, 0.29) is 18.9 Å². The number of carboxylic acids is 1. The molecule has 1 amide bonds. The Morgan fingerprint density at radius 2 is 2.00 bits per heavy atom. The van der Waals surface area contributed by atoms with Crippen LogP contribution in [0.15, 0.2) is 30.3 Å². The SMILES string of the molecule is C[C@@H](CNC(=O)OCc1ccccc1)CC(=O)O. The molecule has 2 N–H and O–H groups in total. The molecule has 0 aliphatic carbocycles. The minimum absolute atomic E-state index is 0.0268. The van der Waals surface area contributed by atoms with Gasteiger partial charge in [0.1, 0.15) is 6.61 Å². The molecule has 0 heterocycles. The zero-order valence-corrected chi connectivity index (χ0v) is 10.3. The first-order valence-electron chi connectivity index (χ1n) is 5.74. The summed E-state index contributed by atoms with van der Waals surface area (Å²) in [5, 5.41) is 11.1. The van der Waals surface area contributed by atoms with Crippen LogP contribution in [0, 0.1) is 5.92 Å². The third kappa shape index (κ3) is 5.89. The minimum Gasteiger partial charge on any atom is -0.481 e. The summed E-state index contributed by atoms with van der Waals surface area (Å²) in [5.41, 5.74) is 0.909. The first kappa shape index (κ1) is 14.0. The van der Waals surface area contributed by atoms with Crippen LogP contribution in [0.5, 0.6) is 0 Å². The smallest absolute Gasteiger partial charge is 0.407 e. The molecule has 0 spiro atoms. The average Bonchev–Trinajstić information content (AvgIpc) is 2.34. The predicted octanol–water partition coefficient (Wildman–Crippen LogP) is 2.02. The molecule has 1 atom stereocenters. The number of rotatable bonds is 6. The largest absolute Gasteiger partial charge is 0.481 e. The van der Waals surface area contributed by atoms with Crippen LogP contribution in [0.3, 0.4) is 0 Å². The summed E-state index contributed by atoms with van der Waals surface area (Å²) in [6.45, 7) is 2.26. The number of hydrogen-bond donors (Lipinski definition) is 2. The van der Waals surface area contributed by atoms with Crippen molar-refractivity contribution in [3.63, 3.8) is 0 Å². The van der Waals surface area contributed by atoms with E-state index < -0.39 is 12.1 Å². The summed E-state index contributed by atoms with van der Waals surface area (Å²) < 4.78 is 4.99. The fourth-order valence-corrected chi connectivity index (χ4v) is 1.40. The summed E-state index contributed by atoms with van der Waals surface area (Å²) in [5.74, 6) is -0.992. The number of benzene rings is 1. The van der Waals surface area contributed by atoms with E-state index in [1.54, 1.807) is 6.92 Å². The molecule has 5 nitrogen and oxygen atoms in total. The van der Waals surface area contributed by atoms with Crippen molar-refractivity contribution >= 4 is 12.1 Å². The second-order valence-electron chi connectivity index (χ2n) is 4.15. The fourth-order valence-electron chi connectivity index (χ4n) is 1.40. The van der Waals surface area contributed by atoms with Gasteiger partial charge in [-0.2, -0.15) is 0 Å². The van der Waals surface area contributed by atoms with Crippen molar-refractivity contribution in [1.29, 1.82) is 0 Å². The molecule has 0 bridgehead atoms. The van der Waals surface area contributed by atoms with Crippen LogP contribution < -0.4 is 5.32 Å². The third-order valence-corrected chi connectivity index (χ3v) is 2.33. The van der Waals surface area contributed by atoms with Crippen molar-refractivity contribution in [2.75, 3.05) is 6.54 Å². The Balaban J connectivity index is 2.20. The molecule has 0 aliphatic rings. The van der Waals surface area contributed by atoms with E-state index in [0.717, 1.165) is 5.56 Å². The molecule has 0 radical (unpaired) electrons. The predicted molar refractivity (Wildman–Crippen MR) is 66.0 cm³/mol. The molecule has 5 heteroatoms. The fraction of sp³-hybridized carbons (Fsp3) is 0.385. The van der Waals surface area contributed by atoms with E-state index in [9.17, 15) is 9.59 Å². The van der Waals surface area contributed by atoms with E-state index in [1.165, 1.54) is 0 Å². The van der Waals surface area contributed by atoms with Gasteiger partial charge in [0.25, 0.3) is 0 Å². The van der Waals surface area contributed by atoms with E-state index in [4.69, 9.17) is 9.84 Å². The van der Waals surface area contributed by atoms with Crippen LogP contribution in [-0.4, -0.2) is 23.7 Å². The van der Waals surface area contributed by atoms with Gasteiger partial charge in [-0.3, -0.25) is 4.79 Å². The highest BCUT2D eigenvalue weighted by molar-refractivity contribution is 5.68. The summed E-state index contributed by atoms with van der Waals surface area (Å²) in [7, 11) is 0. The van der Waals surface area contributed by atoms with Crippen LogP contribution in [0.25, 0.3) is 0 Å². The molecule has 0 saturated heterocycles. The van der Waals surface area contributed by atoms with Crippen LogP contribution >= 0.6 is 0 Å². The monoisotopic (exact) mass is 251 g/mol. The number of nitrogens with one attached hydrogen (secondary N) is 1. The molecule has 98 valence electrons. The lowest BCUT2D eigenvalue weighted by molar-refractivity contribution is -0.137. The van der Waals surface area contributed by atoms with Gasteiger partial charge in [0.05, 0.1) is 0 Å². The number of hydrogen-bond acceptors (Lipinski definition) is 3. The highest BCUT2D eigenvalue weighted by atomic mass is 16.5. The number of carbonyl (C=O) groups is 2. The van der Waals surface area contributed by atoms with Gasteiger partial charge < -0.3 is 15.2 Å². The molecule has 0 fully saturated rings. The molecular weight excluding hydrogens is 234 g/mol. The first-order chi connectivity index (χ1) is 8.58. The van der Waals surface area contributed by atoms with Crippen molar-refractivity contribution in [1.82, 2.24) is 5.32 Å². The Hall–Kier alpha value is -2.04. The number of amides is 1. The van der Waals surface area contributed by atoms with Gasteiger partial charge in [-0.1, -0.05) is 37.3 Å². The lowest BCUT2D eigenvalue weighted by atomic mass is 10.1. The van der Waals surface area contributed by atoms with Crippen molar-refractivity contribution in [2.24, 2.45) is 5.92 Å². The molecule has 0 aliphatic heterocycles. The van der Waals surface area contributed by atoms with Gasteiger partial charge in [0.15, 0.2) is 0 Å². The maximum absolute atomic E-state index is 11.3. The normalized spacial score (nSPS) is 11.6. The average molecular weight is 251 g/mol. The highest BCUT2D eigenvalue weighted by Crippen LogP contribution is 2.02. The van der Waals surface area contributed by atoms with Crippen LogP contribution in [0.4, 0.5) is 4.79 Å². The van der Waals surface area contributed by atoms with Crippen LogP contribution in [-0.2, 0) is 16.1 Å². The van der Waals surface area contributed by atoms with E-state index in [1.807, 2.05) is 30.3 Å². The zero-order valence-electron chi connectivity index (χ0n) is 10.3. The maximum atomic E-state index is 11.3. The third-order valence-electron chi connectivity index (χ3n) is 2.33. The Morgan fingerprint density at radius 1 is 1.33 bits per heavy atom. The van der Waals surface area contributed by atoms with Gasteiger partial charge in [-0.25, -0.2) is 4.79 Å². The Kier molecular flexibility index (Phi) is 5.70. The number of carbonyl (C=O) groups excluding carboxylic acids is 1. The van der Waals surface area contributed by atoms with Gasteiger partial charge in [0, 0.05) is 13.0 Å². The first-order valence-corrected chi connectivity index (χ1v) is 5.74. The van der Waals surface area contributed by atoms with Crippen molar-refractivity contribution < 1.29 is 19.4 Å². The van der Waals surface area contributed by atoms with Crippen molar-refractivity contribution in [3.8, 4) is 0 Å². The van der Waals surface area contributed by atoms with Gasteiger partial charge >= 0.3 is 12.1 Å². The van der Waals surface area contributed by atoms with Crippen molar-refractivity contribution in [2.45, 2.75) is 20.0 Å². The number of aliphatic carboxylic acids is 1. The summed E-state index contributed by atoms with van der Waals surface area (Å²) in [4.78, 5) is 21.7. The second-order valence-corrected chi connectivity index (χ2v) is 4.15. The minimum atomic E-state index is -0.873. The standard InChI is InChI=1S/C13H17NO4/c1-10(7-12(15)16)8-14-13(17)18-9-11-5-3-2-4-6-11/h2-6,10H,7-9H2,1H3,(H,14,17)(H,15,16)/t10-/m1/s1. The zero-order chi connectivity index (χ0) is 13.4. The number of carboxylic acid groups (broad SMARTS) is 1. The molecule has 1 rings (SSSR count). The summed E-state index contributed by atoms with van der Waals surface area (Å²) in [6, 6.07) is 9.34. The van der Waals surface area contributed by atoms with Crippen molar-refractivity contribution in [3.05, 3.63) is 35.9 Å². The second kappa shape index (κ2) is 7.32. The molecule has 0 unspecified atom stereocenters. The Bertz CT molecular complexity index is 391. The number of alkyl carbamates (subject to hydrolysis) is 1. The van der Waals surface area contributed by atoms with Crippen LogP contribution in [0.1, 0.15) is 18.9 Å². The molecule has 1 aromatic rings. The lowest BCUT2D eigenvalue weighted by Gasteiger charge is -2.10. The molecule has 18 heavy (non-hydrogen) atoms. The molecular formula is C13H17NO4. The number of ether oxygens (including phenoxy) is 1. The topological polar surface area (TPSA) is 75.6 Å². The Morgan fingerprint density at radius 3 is 2.61 bits per heavy atom. The molecule has 0 saturated carbocycles. The molecule has 1 aromatic carbocycles. The van der Waals surface area contributed by atoms with Gasteiger partial charge in [0.2, 0.25) is 0 Å². The van der Waals surface area contributed by atoms with E-state index in [2.05, 4.69) is 5.32 Å². The maximum Gasteiger partial charge on any atom is 0.407 e. The molecule has 0 aromatic heterocycles. The summed E-state index contributed by atoms with van der Waals surface area (Å²) in [6.07, 6.45) is -0.505. The Labute approximate surface area is 106 Å². The van der Waals surface area contributed by atoms with Gasteiger partial charge in [-0.05, 0) is 11.5 Å². The van der Waals surface area contributed by atoms with Crippen LogP contribution in [0.2, 0.25) is 0 Å².